The Kier molecular flexibility index (Phi) is 6.30. The molecule has 2 rings (SSSR count). The summed E-state index contributed by atoms with van der Waals surface area (Å²) in [6.45, 7) is 10.0. The number of anilines is 1. The molecule has 1 atom stereocenters. The van der Waals surface area contributed by atoms with Crippen LogP contribution in [0.2, 0.25) is 5.15 Å². The highest BCUT2D eigenvalue weighted by Crippen LogP contribution is 2.23. The zero-order valence-electron chi connectivity index (χ0n) is 16.5. The lowest BCUT2D eigenvalue weighted by molar-refractivity contribution is 0.0587. The summed E-state index contributed by atoms with van der Waals surface area (Å²) in [5.74, 6) is 0.423. The second-order valence-corrected chi connectivity index (χ2v) is 7.88. The van der Waals surface area contributed by atoms with Crippen LogP contribution in [0.5, 0.6) is 0 Å². The summed E-state index contributed by atoms with van der Waals surface area (Å²) in [5, 5.41) is 7.23. The SMILES string of the molecule is CC[C@H](C)CNC(=O)c1cnn2c(N(C)C(=O)OC(C)(C)C)cc(Cl)nc12. The monoisotopic (exact) mass is 395 g/mol. The number of fused-ring (bicyclic) bond motifs is 1. The minimum atomic E-state index is -0.646. The van der Waals surface area contributed by atoms with Crippen molar-refractivity contribution in [2.45, 2.75) is 46.6 Å². The van der Waals surface area contributed by atoms with Crippen LogP contribution in [0.4, 0.5) is 10.6 Å². The maximum Gasteiger partial charge on any atom is 0.415 e. The number of rotatable bonds is 5. The first-order valence-electron chi connectivity index (χ1n) is 8.82. The van der Waals surface area contributed by atoms with Crippen LogP contribution >= 0.6 is 11.6 Å². The van der Waals surface area contributed by atoms with Crippen molar-refractivity contribution < 1.29 is 14.3 Å². The number of amides is 2. The van der Waals surface area contributed by atoms with Gasteiger partial charge in [0.15, 0.2) is 5.65 Å². The molecule has 0 spiro atoms. The van der Waals surface area contributed by atoms with Crippen molar-refractivity contribution >= 4 is 35.1 Å². The van der Waals surface area contributed by atoms with Gasteiger partial charge in [0.1, 0.15) is 22.1 Å². The summed E-state index contributed by atoms with van der Waals surface area (Å²) in [5.41, 5.74) is -0.0823. The van der Waals surface area contributed by atoms with E-state index in [1.807, 2.05) is 0 Å². The van der Waals surface area contributed by atoms with Crippen LogP contribution in [-0.4, -0.2) is 45.8 Å². The molecule has 0 aliphatic heterocycles. The van der Waals surface area contributed by atoms with Gasteiger partial charge in [-0.25, -0.2) is 9.78 Å². The number of hydrogen-bond acceptors (Lipinski definition) is 5. The standard InChI is InChI=1S/C18H26ClN5O3/c1-7-11(2)9-20-16(25)12-10-21-24-14(8-13(19)22-15(12)24)23(6)17(26)27-18(3,4)5/h8,10-11H,7,9H2,1-6H3,(H,20,25)/t11-/m0/s1. The highest BCUT2D eigenvalue weighted by molar-refractivity contribution is 6.30. The molecule has 2 amide bonds. The minimum Gasteiger partial charge on any atom is -0.443 e. The van der Waals surface area contributed by atoms with E-state index in [2.05, 4.69) is 29.2 Å². The quantitative estimate of drug-likeness (QED) is 0.782. The molecule has 0 fully saturated rings. The summed E-state index contributed by atoms with van der Waals surface area (Å²) in [6.07, 6.45) is 1.81. The highest BCUT2D eigenvalue weighted by atomic mass is 35.5. The number of aromatic nitrogens is 3. The van der Waals surface area contributed by atoms with Crippen LogP contribution in [0, 0.1) is 5.92 Å². The van der Waals surface area contributed by atoms with E-state index in [0.29, 0.717) is 23.8 Å². The number of carbonyl (C=O) groups excluding carboxylic acids is 2. The molecule has 0 saturated carbocycles. The van der Waals surface area contributed by atoms with Gasteiger partial charge in [0, 0.05) is 19.7 Å². The lowest BCUT2D eigenvalue weighted by Crippen LogP contribution is -2.35. The maximum absolute atomic E-state index is 12.5. The fourth-order valence-corrected chi connectivity index (χ4v) is 2.43. The minimum absolute atomic E-state index is 0.143. The Hall–Kier alpha value is -2.35. The van der Waals surface area contributed by atoms with Crippen molar-refractivity contribution in [2.75, 3.05) is 18.5 Å². The van der Waals surface area contributed by atoms with Gasteiger partial charge in [0.05, 0.1) is 6.20 Å². The average molecular weight is 396 g/mol. The Bertz CT molecular complexity index is 843. The van der Waals surface area contributed by atoms with Crippen LogP contribution in [0.25, 0.3) is 5.65 Å². The number of nitrogens with one attached hydrogen (secondary N) is 1. The van der Waals surface area contributed by atoms with Gasteiger partial charge in [0.2, 0.25) is 0 Å². The fourth-order valence-electron chi connectivity index (χ4n) is 2.25. The van der Waals surface area contributed by atoms with Gasteiger partial charge < -0.3 is 10.1 Å². The predicted molar refractivity (Wildman–Crippen MR) is 104 cm³/mol. The summed E-state index contributed by atoms with van der Waals surface area (Å²) in [7, 11) is 1.55. The molecule has 0 saturated heterocycles. The molecule has 1 N–H and O–H groups in total. The maximum atomic E-state index is 12.5. The van der Waals surface area contributed by atoms with Gasteiger partial charge in [-0.15, -0.1) is 0 Å². The third-order valence-electron chi connectivity index (χ3n) is 3.99. The van der Waals surface area contributed by atoms with E-state index in [1.165, 1.54) is 21.7 Å². The van der Waals surface area contributed by atoms with Crippen LogP contribution in [-0.2, 0) is 4.74 Å². The van der Waals surface area contributed by atoms with E-state index in [0.717, 1.165) is 6.42 Å². The first-order chi connectivity index (χ1) is 12.5. The molecular weight excluding hydrogens is 370 g/mol. The Morgan fingerprint density at radius 2 is 2.07 bits per heavy atom. The number of ether oxygens (including phenoxy) is 1. The molecule has 0 aliphatic carbocycles. The van der Waals surface area contributed by atoms with E-state index < -0.39 is 11.7 Å². The molecule has 8 nitrogen and oxygen atoms in total. The zero-order chi connectivity index (χ0) is 20.4. The van der Waals surface area contributed by atoms with E-state index in [-0.39, 0.29) is 16.7 Å². The van der Waals surface area contributed by atoms with Gasteiger partial charge in [-0.2, -0.15) is 9.61 Å². The van der Waals surface area contributed by atoms with Crippen molar-refractivity contribution in [3.05, 3.63) is 23.0 Å². The second-order valence-electron chi connectivity index (χ2n) is 7.49. The molecule has 27 heavy (non-hydrogen) atoms. The molecule has 0 unspecified atom stereocenters. The summed E-state index contributed by atoms with van der Waals surface area (Å²) in [6, 6.07) is 1.49. The summed E-state index contributed by atoms with van der Waals surface area (Å²) in [4.78, 5) is 30.4. The van der Waals surface area contributed by atoms with Gasteiger partial charge >= 0.3 is 6.09 Å². The lowest BCUT2D eigenvalue weighted by atomic mass is 10.1. The third kappa shape index (κ3) is 5.09. The number of halogens is 1. The van der Waals surface area contributed by atoms with Crippen LogP contribution in [0.15, 0.2) is 12.3 Å². The molecule has 0 aliphatic rings. The van der Waals surface area contributed by atoms with Crippen LogP contribution in [0.1, 0.15) is 51.4 Å². The zero-order valence-corrected chi connectivity index (χ0v) is 17.3. The Labute approximate surface area is 163 Å². The van der Waals surface area contributed by atoms with E-state index in [9.17, 15) is 9.59 Å². The Balaban J connectivity index is 2.36. The predicted octanol–water partition coefficient (Wildman–Crippen LogP) is 3.53. The molecule has 2 aromatic heterocycles. The van der Waals surface area contributed by atoms with Crippen molar-refractivity contribution in [3.8, 4) is 0 Å². The Morgan fingerprint density at radius 3 is 2.67 bits per heavy atom. The van der Waals surface area contributed by atoms with Crippen LogP contribution < -0.4 is 10.2 Å². The molecule has 0 bridgehead atoms. The van der Waals surface area contributed by atoms with Crippen LogP contribution in [0.3, 0.4) is 0 Å². The molecule has 0 aromatic carbocycles. The normalized spacial score (nSPS) is 12.7. The smallest absolute Gasteiger partial charge is 0.415 e. The summed E-state index contributed by atoms with van der Waals surface area (Å²) >= 11 is 6.13. The van der Waals surface area contributed by atoms with E-state index >= 15 is 0 Å². The third-order valence-corrected chi connectivity index (χ3v) is 4.18. The van der Waals surface area contributed by atoms with Crippen molar-refractivity contribution in [2.24, 2.45) is 5.92 Å². The highest BCUT2D eigenvalue weighted by Gasteiger charge is 2.24. The van der Waals surface area contributed by atoms with Crippen molar-refractivity contribution in [1.82, 2.24) is 19.9 Å². The van der Waals surface area contributed by atoms with Gasteiger partial charge in [0.25, 0.3) is 5.91 Å². The second kappa shape index (κ2) is 8.12. The van der Waals surface area contributed by atoms with E-state index in [1.54, 1.807) is 27.8 Å². The molecular formula is C18H26ClN5O3. The first-order valence-corrected chi connectivity index (χ1v) is 9.20. The molecule has 0 radical (unpaired) electrons. The topological polar surface area (TPSA) is 88.8 Å². The van der Waals surface area contributed by atoms with Crippen molar-refractivity contribution in [1.29, 1.82) is 0 Å². The molecule has 2 aromatic rings. The molecule has 148 valence electrons. The summed E-state index contributed by atoms with van der Waals surface area (Å²) < 4.78 is 6.77. The van der Waals surface area contributed by atoms with Gasteiger partial charge in [-0.3, -0.25) is 9.69 Å². The lowest BCUT2D eigenvalue weighted by Gasteiger charge is -2.24. The molecule has 9 heteroatoms. The van der Waals surface area contributed by atoms with Gasteiger partial charge in [-0.1, -0.05) is 31.9 Å². The number of hydrogen-bond donors (Lipinski definition) is 1. The van der Waals surface area contributed by atoms with Gasteiger partial charge in [-0.05, 0) is 26.7 Å². The Morgan fingerprint density at radius 1 is 1.41 bits per heavy atom. The van der Waals surface area contributed by atoms with Crippen molar-refractivity contribution in [3.63, 3.8) is 0 Å². The number of nitrogens with zero attached hydrogens (tertiary/aromatic N) is 4. The largest absolute Gasteiger partial charge is 0.443 e. The van der Waals surface area contributed by atoms with E-state index in [4.69, 9.17) is 16.3 Å². The first kappa shape index (κ1) is 21.0. The molecule has 2 heterocycles. The fraction of sp³-hybridized carbons (Fsp3) is 0.556. The number of carbonyl (C=O) groups is 2. The average Bonchev–Trinajstić information content (AvgIpc) is 3.00.